The standard InChI is InChI=1S/C23H28N2O2/c1-23(9-7-18-15-20(18)17-5-3-2-4-6-17)10-13-25(14-11-23)19-8-12-24-21(16-19)22(26)27/h2-6,8,12,16,18,20H,7,9-11,13-15H2,1H3,(H,26,27)/t18-,20?/m1/s1. The molecule has 4 heteroatoms. The van der Waals surface area contributed by atoms with Gasteiger partial charge in [-0.1, -0.05) is 37.3 Å². The van der Waals surface area contributed by atoms with Gasteiger partial charge in [0.15, 0.2) is 0 Å². The molecule has 1 aliphatic carbocycles. The molecule has 1 saturated heterocycles. The van der Waals surface area contributed by atoms with Gasteiger partial charge in [-0.25, -0.2) is 9.78 Å². The monoisotopic (exact) mass is 364 g/mol. The molecule has 0 bridgehead atoms. The van der Waals surface area contributed by atoms with Crippen LogP contribution in [0.2, 0.25) is 0 Å². The number of aromatic nitrogens is 1. The molecule has 1 N–H and O–H groups in total. The van der Waals surface area contributed by atoms with Gasteiger partial charge >= 0.3 is 5.97 Å². The number of benzene rings is 1. The number of carboxylic acid groups (broad SMARTS) is 1. The molecule has 2 heterocycles. The van der Waals surface area contributed by atoms with Gasteiger partial charge in [-0.3, -0.25) is 0 Å². The minimum absolute atomic E-state index is 0.126. The molecule has 1 aromatic carbocycles. The highest BCUT2D eigenvalue weighted by atomic mass is 16.4. The van der Waals surface area contributed by atoms with Gasteiger partial charge in [0.05, 0.1) is 0 Å². The molecule has 0 amide bonds. The van der Waals surface area contributed by atoms with Crippen LogP contribution in [-0.4, -0.2) is 29.1 Å². The average Bonchev–Trinajstić information content (AvgIpc) is 3.48. The summed E-state index contributed by atoms with van der Waals surface area (Å²) >= 11 is 0. The molecule has 0 radical (unpaired) electrons. The van der Waals surface area contributed by atoms with Gasteiger partial charge in [-0.05, 0) is 67.1 Å². The predicted octanol–water partition coefficient (Wildman–Crippen LogP) is 4.97. The largest absolute Gasteiger partial charge is 0.477 e. The molecule has 2 aromatic rings. The second-order valence-corrected chi connectivity index (χ2v) is 8.55. The van der Waals surface area contributed by atoms with E-state index in [0.29, 0.717) is 5.41 Å². The normalized spacial score (nSPS) is 23.8. The van der Waals surface area contributed by atoms with Crippen molar-refractivity contribution in [3.8, 4) is 0 Å². The van der Waals surface area contributed by atoms with E-state index in [0.717, 1.165) is 30.6 Å². The molecule has 2 fully saturated rings. The zero-order valence-corrected chi connectivity index (χ0v) is 16.0. The molecule has 0 spiro atoms. The van der Waals surface area contributed by atoms with Crippen molar-refractivity contribution in [3.63, 3.8) is 0 Å². The van der Waals surface area contributed by atoms with E-state index in [9.17, 15) is 4.79 Å². The smallest absolute Gasteiger partial charge is 0.354 e. The topological polar surface area (TPSA) is 53.4 Å². The van der Waals surface area contributed by atoms with Gasteiger partial charge in [-0.15, -0.1) is 0 Å². The minimum atomic E-state index is -0.962. The second-order valence-electron chi connectivity index (χ2n) is 8.55. The Morgan fingerprint density at radius 3 is 2.67 bits per heavy atom. The Morgan fingerprint density at radius 1 is 1.22 bits per heavy atom. The molecule has 142 valence electrons. The number of anilines is 1. The van der Waals surface area contributed by atoms with Crippen LogP contribution in [0.1, 0.15) is 61.0 Å². The predicted molar refractivity (Wildman–Crippen MR) is 107 cm³/mol. The van der Waals surface area contributed by atoms with Gasteiger partial charge in [-0.2, -0.15) is 0 Å². The minimum Gasteiger partial charge on any atom is -0.477 e. The fourth-order valence-electron chi connectivity index (χ4n) is 4.50. The molecule has 2 atom stereocenters. The average molecular weight is 364 g/mol. The number of nitrogens with zero attached hydrogens (tertiary/aromatic N) is 2. The fraction of sp³-hybridized carbons (Fsp3) is 0.478. The van der Waals surface area contributed by atoms with Crippen LogP contribution >= 0.6 is 0 Å². The van der Waals surface area contributed by atoms with Gasteiger partial charge < -0.3 is 10.0 Å². The summed E-state index contributed by atoms with van der Waals surface area (Å²) in [5.74, 6) is 0.679. The SMILES string of the molecule is CC1(CC[C@@H]2CC2c2ccccc2)CCN(c2ccnc(C(=O)O)c2)CC1. The molecular weight excluding hydrogens is 336 g/mol. The van der Waals surface area contributed by atoms with Crippen molar-refractivity contribution >= 4 is 11.7 Å². The third-order valence-corrected chi connectivity index (χ3v) is 6.57. The first-order chi connectivity index (χ1) is 13.0. The van der Waals surface area contributed by atoms with Crippen molar-refractivity contribution < 1.29 is 9.90 Å². The second kappa shape index (κ2) is 7.34. The van der Waals surface area contributed by atoms with Crippen LogP contribution in [0, 0.1) is 11.3 Å². The van der Waals surface area contributed by atoms with E-state index in [-0.39, 0.29) is 5.69 Å². The number of pyridine rings is 1. The maximum atomic E-state index is 11.1. The number of hydrogen-bond donors (Lipinski definition) is 1. The lowest BCUT2D eigenvalue weighted by atomic mass is 9.76. The van der Waals surface area contributed by atoms with E-state index < -0.39 is 5.97 Å². The molecule has 27 heavy (non-hydrogen) atoms. The summed E-state index contributed by atoms with van der Waals surface area (Å²) in [6.45, 7) is 4.41. The Labute approximate surface area is 161 Å². The Balaban J connectivity index is 1.28. The van der Waals surface area contributed by atoms with Crippen LogP contribution in [0.25, 0.3) is 0 Å². The van der Waals surface area contributed by atoms with E-state index in [4.69, 9.17) is 5.11 Å². The van der Waals surface area contributed by atoms with Gasteiger partial charge in [0.25, 0.3) is 0 Å². The lowest BCUT2D eigenvalue weighted by Gasteiger charge is -2.40. The summed E-state index contributed by atoms with van der Waals surface area (Å²) in [7, 11) is 0. The van der Waals surface area contributed by atoms with E-state index in [1.807, 2.05) is 6.07 Å². The van der Waals surface area contributed by atoms with Crippen LogP contribution in [0.5, 0.6) is 0 Å². The van der Waals surface area contributed by atoms with Crippen molar-refractivity contribution in [1.29, 1.82) is 0 Å². The van der Waals surface area contributed by atoms with Gasteiger partial charge in [0, 0.05) is 25.0 Å². The molecule has 2 aliphatic rings. The summed E-state index contributed by atoms with van der Waals surface area (Å²) in [5, 5.41) is 9.14. The highest BCUT2D eigenvalue weighted by Crippen LogP contribution is 2.52. The third-order valence-electron chi connectivity index (χ3n) is 6.57. The summed E-state index contributed by atoms with van der Waals surface area (Å²) in [4.78, 5) is 17.4. The molecule has 1 saturated carbocycles. The van der Waals surface area contributed by atoms with E-state index in [1.54, 1.807) is 12.3 Å². The first-order valence-corrected chi connectivity index (χ1v) is 10.0. The van der Waals surface area contributed by atoms with Crippen molar-refractivity contribution in [2.45, 2.75) is 44.9 Å². The maximum Gasteiger partial charge on any atom is 0.354 e. The molecular formula is C23H28N2O2. The van der Waals surface area contributed by atoms with E-state index in [1.165, 1.54) is 37.7 Å². The van der Waals surface area contributed by atoms with Crippen LogP contribution in [-0.2, 0) is 0 Å². The molecule has 1 aliphatic heterocycles. The number of piperidine rings is 1. The van der Waals surface area contributed by atoms with Crippen molar-refractivity contribution in [2.24, 2.45) is 11.3 Å². The van der Waals surface area contributed by atoms with Crippen LogP contribution in [0.3, 0.4) is 0 Å². The molecule has 1 unspecified atom stereocenters. The first-order valence-electron chi connectivity index (χ1n) is 10.0. The van der Waals surface area contributed by atoms with Crippen LogP contribution < -0.4 is 4.90 Å². The number of carboxylic acids is 1. The number of carbonyl (C=O) groups is 1. The Hall–Kier alpha value is -2.36. The van der Waals surface area contributed by atoms with Gasteiger partial charge in [0.2, 0.25) is 0 Å². The zero-order valence-electron chi connectivity index (χ0n) is 16.0. The number of rotatable bonds is 6. The third kappa shape index (κ3) is 4.15. The lowest BCUT2D eigenvalue weighted by Crippen LogP contribution is -2.38. The first kappa shape index (κ1) is 18.0. The molecule has 4 nitrogen and oxygen atoms in total. The summed E-state index contributed by atoms with van der Waals surface area (Å²) in [6.07, 6.45) is 7.91. The highest BCUT2D eigenvalue weighted by molar-refractivity contribution is 5.86. The van der Waals surface area contributed by atoms with Gasteiger partial charge in [0.1, 0.15) is 5.69 Å². The van der Waals surface area contributed by atoms with E-state index in [2.05, 4.69) is 47.1 Å². The molecule has 1 aromatic heterocycles. The van der Waals surface area contributed by atoms with Crippen LogP contribution in [0.15, 0.2) is 48.7 Å². The van der Waals surface area contributed by atoms with Crippen LogP contribution in [0.4, 0.5) is 5.69 Å². The lowest BCUT2D eigenvalue weighted by molar-refractivity contribution is 0.0690. The maximum absolute atomic E-state index is 11.1. The quantitative estimate of drug-likeness (QED) is 0.786. The Bertz CT molecular complexity index is 797. The number of aromatic carboxylic acids is 1. The Kier molecular flexibility index (Phi) is 4.90. The zero-order chi connectivity index (χ0) is 18.9. The highest BCUT2D eigenvalue weighted by Gasteiger charge is 2.40. The molecule has 4 rings (SSSR count). The summed E-state index contributed by atoms with van der Waals surface area (Å²) < 4.78 is 0. The fourth-order valence-corrected chi connectivity index (χ4v) is 4.50. The van der Waals surface area contributed by atoms with E-state index >= 15 is 0 Å². The van der Waals surface area contributed by atoms with Crippen molar-refractivity contribution in [3.05, 3.63) is 59.9 Å². The number of hydrogen-bond acceptors (Lipinski definition) is 3. The van der Waals surface area contributed by atoms with Crippen molar-refractivity contribution in [1.82, 2.24) is 4.98 Å². The Morgan fingerprint density at radius 2 is 1.96 bits per heavy atom. The summed E-state index contributed by atoms with van der Waals surface area (Å²) in [5.41, 5.74) is 3.02. The summed E-state index contributed by atoms with van der Waals surface area (Å²) in [6, 6.07) is 14.5. The van der Waals surface area contributed by atoms with Crippen molar-refractivity contribution in [2.75, 3.05) is 18.0 Å².